The maximum atomic E-state index is 12.9. The lowest BCUT2D eigenvalue weighted by Crippen LogP contribution is -2.31. The number of ketones is 1. The summed E-state index contributed by atoms with van der Waals surface area (Å²) in [5, 5.41) is 11.4. The van der Waals surface area contributed by atoms with Gasteiger partial charge in [-0.2, -0.15) is 0 Å². The van der Waals surface area contributed by atoms with E-state index in [4.69, 9.17) is 16.3 Å². The van der Waals surface area contributed by atoms with Crippen molar-refractivity contribution < 1.29 is 19.4 Å². The molecule has 5 nitrogen and oxygen atoms in total. The Balaban J connectivity index is 1.99. The van der Waals surface area contributed by atoms with Crippen molar-refractivity contribution in [1.82, 2.24) is 4.90 Å². The van der Waals surface area contributed by atoms with Crippen LogP contribution in [0.25, 0.3) is 5.76 Å². The fourth-order valence-corrected chi connectivity index (χ4v) is 3.54. The molecule has 1 aliphatic rings. The lowest BCUT2D eigenvalue weighted by Gasteiger charge is -2.25. The van der Waals surface area contributed by atoms with E-state index in [9.17, 15) is 14.7 Å². The molecule has 6 heteroatoms. The SMILES string of the molecule is CC(C)OCCCN1C(=O)C(=O)C(=C(O)c2ccc(Cl)cc2)[C@H]1c1ccccc1. The highest BCUT2D eigenvalue weighted by atomic mass is 35.5. The largest absolute Gasteiger partial charge is 0.507 e. The summed E-state index contributed by atoms with van der Waals surface area (Å²) in [4.78, 5) is 27.2. The Morgan fingerprint density at radius 2 is 1.76 bits per heavy atom. The summed E-state index contributed by atoms with van der Waals surface area (Å²) >= 11 is 5.93. The Hall–Kier alpha value is -2.63. The molecule has 0 aliphatic carbocycles. The van der Waals surface area contributed by atoms with Crippen molar-refractivity contribution in [3.63, 3.8) is 0 Å². The van der Waals surface area contributed by atoms with Crippen LogP contribution in [0.2, 0.25) is 5.02 Å². The van der Waals surface area contributed by atoms with Gasteiger partial charge in [0.05, 0.1) is 17.7 Å². The summed E-state index contributed by atoms with van der Waals surface area (Å²) in [5.41, 5.74) is 1.30. The van der Waals surface area contributed by atoms with Crippen LogP contribution >= 0.6 is 11.6 Å². The van der Waals surface area contributed by atoms with Gasteiger partial charge in [0.25, 0.3) is 11.7 Å². The molecule has 2 aromatic rings. The standard InChI is InChI=1S/C23H24ClNO4/c1-15(2)29-14-6-13-25-20(16-7-4-3-5-8-16)19(22(27)23(25)28)21(26)17-9-11-18(24)12-10-17/h3-5,7-12,15,20,26H,6,13-14H2,1-2H3/t20-/m1/s1. The quantitative estimate of drug-likeness (QED) is 0.312. The second-order valence-electron chi connectivity index (χ2n) is 7.18. The highest BCUT2D eigenvalue weighted by Gasteiger charge is 2.45. The number of amides is 1. The van der Waals surface area contributed by atoms with Crippen molar-refractivity contribution >= 4 is 29.1 Å². The number of hydrogen-bond donors (Lipinski definition) is 1. The third-order valence-electron chi connectivity index (χ3n) is 4.77. The molecule has 0 unspecified atom stereocenters. The van der Waals surface area contributed by atoms with E-state index in [1.165, 1.54) is 4.90 Å². The monoisotopic (exact) mass is 413 g/mol. The molecule has 1 amide bonds. The minimum atomic E-state index is -0.684. The van der Waals surface area contributed by atoms with Gasteiger partial charge in [0.15, 0.2) is 0 Å². The van der Waals surface area contributed by atoms with Gasteiger partial charge in [-0.3, -0.25) is 9.59 Å². The zero-order valence-corrected chi connectivity index (χ0v) is 17.2. The average molecular weight is 414 g/mol. The van der Waals surface area contributed by atoms with Gasteiger partial charge in [0.1, 0.15) is 5.76 Å². The van der Waals surface area contributed by atoms with Gasteiger partial charge in [-0.15, -0.1) is 0 Å². The van der Waals surface area contributed by atoms with Crippen LogP contribution in [0.4, 0.5) is 0 Å². The highest BCUT2D eigenvalue weighted by Crippen LogP contribution is 2.39. The molecule has 1 aliphatic heterocycles. The van der Waals surface area contributed by atoms with Crippen molar-refractivity contribution in [3.8, 4) is 0 Å². The fourth-order valence-electron chi connectivity index (χ4n) is 3.41. The van der Waals surface area contributed by atoms with E-state index in [0.717, 1.165) is 5.56 Å². The molecule has 1 fully saturated rings. The Morgan fingerprint density at radius 1 is 1.10 bits per heavy atom. The predicted molar refractivity (Wildman–Crippen MR) is 113 cm³/mol. The normalized spacial score (nSPS) is 18.6. The zero-order chi connectivity index (χ0) is 21.0. The van der Waals surface area contributed by atoms with Crippen molar-refractivity contribution in [2.75, 3.05) is 13.2 Å². The van der Waals surface area contributed by atoms with Crippen molar-refractivity contribution in [1.29, 1.82) is 0 Å². The van der Waals surface area contributed by atoms with E-state index >= 15 is 0 Å². The summed E-state index contributed by atoms with van der Waals surface area (Å²) in [6.07, 6.45) is 0.690. The van der Waals surface area contributed by atoms with Gasteiger partial charge in [-0.1, -0.05) is 41.9 Å². The third-order valence-corrected chi connectivity index (χ3v) is 5.02. The number of Topliss-reactive ketones (excluding diaryl/α,β-unsaturated/α-hetero) is 1. The van der Waals surface area contributed by atoms with Gasteiger partial charge < -0.3 is 14.7 Å². The second-order valence-corrected chi connectivity index (χ2v) is 7.62. The molecule has 152 valence electrons. The number of carbonyl (C=O) groups is 2. The Morgan fingerprint density at radius 3 is 2.38 bits per heavy atom. The maximum absolute atomic E-state index is 12.9. The number of aliphatic hydroxyl groups excluding tert-OH is 1. The number of ether oxygens (including phenoxy) is 1. The molecule has 0 aromatic heterocycles. The lowest BCUT2D eigenvalue weighted by atomic mass is 9.95. The van der Waals surface area contributed by atoms with Crippen molar-refractivity contribution in [3.05, 3.63) is 76.3 Å². The van der Waals surface area contributed by atoms with Crippen LogP contribution in [0.3, 0.4) is 0 Å². The van der Waals surface area contributed by atoms with Gasteiger partial charge in [0.2, 0.25) is 0 Å². The molecule has 0 saturated carbocycles. The molecule has 1 heterocycles. The van der Waals surface area contributed by atoms with Crippen LogP contribution in [-0.2, 0) is 14.3 Å². The summed E-state index contributed by atoms with van der Waals surface area (Å²) in [5.74, 6) is -1.50. The van der Waals surface area contributed by atoms with E-state index in [1.807, 2.05) is 44.2 Å². The molecule has 2 aromatic carbocycles. The second kappa shape index (κ2) is 9.25. The average Bonchev–Trinajstić information content (AvgIpc) is 2.96. The number of benzene rings is 2. The Bertz CT molecular complexity index is 906. The minimum absolute atomic E-state index is 0.0910. The Kier molecular flexibility index (Phi) is 6.72. The van der Waals surface area contributed by atoms with Gasteiger partial charge >= 0.3 is 0 Å². The zero-order valence-electron chi connectivity index (χ0n) is 16.5. The van der Waals surface area contributed by atoms with Gasteiger partial charge in [-0.05, 0) is 50.1 Å². The first-order valence-corrected chi connectivity index (χ1v) is 9.99. The number of rotatable bonds is 7. The molecular weight excluding hydrogens is 390 g/mol. The first-order chi connectivity index (χ1) is 13.9. The highest BCUT2D eigenvalue weighted by molar-refractivity contribution is 6.46. The van der Waals surface area contributed by atoms with Crippen LogP contribution in [0, 0.1) is 0 Å². The van der Waals surface area contributed by atoms with Gasteiger partial charge in [0, 0.05) is 23.7 Å². The minimum Gasteiger partial charge on any atom is -0.507 e. The molecule has 3 rings (SSSR count). The summed E-state index contributed by atoms with van der Waals surface area (Å²) in [7, 11) is 0. The maximum Gasteiger partial charge on any atom is 0.295 e. The predicted octanol–water partition coefficient (Wildman–Crippen LogP) is 4.58. The molecule has 0 bridgehead atoms. The van der Waals surface area contributed by atoms with Crippen molar-refractivity contribution in [2.45, 2.75) is 32.4 Å². The first kappa shape index (κ1) is 21.1. The Labute approximate surface area is 175 Å². The van der Waals surface area contributed by atoms with Crippen LogP contribution in [0.15, 0.2) is 60.2 Å². The van der Waals surface area contributed by atoms with Crippen LogP contribution < -0.4 is 0 Å². The third kappa shape index (κ3) is 4.69. The van der Waals surface area contributed by atoms with E-state index in [-0.39, 0.29) is 17.4 Å². The topological polar surface area (TPSA) is 66.8 Å². The molecule has 0 spiro atoms. The van der Waals surface area contributed by atoms with Crippen molar-refractivity contribution in [2.24, 2.45) is 0 Å². The van der Waals surface area contributed by atoms with Crippen LogP contribution in [0.1, 0.15) is 37.4 Å². The smallest absolute Gasteiger partial charge is 0.295 e. The van der Waals surface area contributed by atoms with E-state index < -0.39 is 17.7 Å². The number of hydrogen-bond acceptors (Lipinski definition) is 4. The molecule has 0 radical (unpaired) electrons. The van der Waals surface area contributed by atoms with Crippen LogP contribution in [0.5, 0.6) is 0 Å². The molecule has 1 N–H and O–H groups in total. The van der Waals surface area contributed by atoms with E-state index in [2.05, 4.69) is 0 Å². The number of halogens is 1. The number of likely N-dealkylation sites (tertiary alicyclic amines) is 1. The number of nitrogens with zero attached hydrogens (tertiary/aromatic N) is 1. The number of carbonyl (C=O) groups excluding carboxylic acids is 2. The summed E-state index contributed by atoms with van der Waals surface area (Å²) < 4.78 is 5.56. The van der Waals surface area contributed by atoms with Gasteiger partial charge in [-0.25, -0.2) is 0 Å². The number of aliphatic hydroxyl groups is 1. The van der Waals surface area contributed by atoms with Crippen LogP contribution in [-0.4, -0.2) is 41.0 Å². The fraction of sp³-hybridized carbons (Fsp3) is 0.304. The summed E-state index contributed by atoms with van der Waals surface area (Å²) in [6.45, 7) is 4.73. The van der Waals surface area contributed by atoms with E-state index in [0.29, 0.717) is 30.2 Å². The summed E-state index contributed by atoms with van der Waals surface area (Å²) in [6, 6.07) is 15.1. The molecular formula is C23H24ClNO4. The first-order valence-electron chi connectivity index (χ1n) is 9.61. The molecule has 29 heavy (non-hydrogen) atoms. The molecule has 1 saturated heterocycles. The van der Waals surface area contributed by atoms with E-state index in [1.54, 1.807) is 24.3 Å². The molecule has 1 atom stereocenters. The lowest BCUT2D eigenvalue weighted by molar-refractivity contribution is -0.140.